The molecule has 2 aromatic carbocycles. The smallest absolute Gasteiger partial charge is 0.257 e. The molecule has 4 heteroatoms. The second-order valence-electron chi connectivity index (χ2n) is 6.02. The molecule has 1 saturated heterocycles. The zero-order chi connectivity index (χ0) is 15.9. The third kappa shape index (κ3) is 4.70. The molecule has 1 aliphatic heterocycles. The van der Waals surface area contributed by atoms with E-state index >= 15 is 0 Å². The molecule has 0 unspecified atom stereocenters. The number of ether oxygens (including phenoxy) is 2. The largest absolute Gasteiger partial charge is 0.484 e. The molecule has 1 atom stereocenters. The molecule has 122 valence electrons. The molecule has 2 aromatic rings. The quantitative estimate of drug-likeness (QED) is 0.799. The third-order valence-corrected chi connectivity index (χ3v) is 4.23. The molecule has 1 aliphatic rings. The van der Waals surface area contributed by atoms with Crippen molar-refractivity contribution < 1.29 is 14.3 Å². The summed E-state index contributed by atoms with van der Waals surface area (Å²) in [4.78, 5) is 11.8. The van der Waals surface area contributed by atoms with Crippen molar-refractivity contribution in [1.82, 2.24) is 5.32 Å². The number of carbonyl (C=O) groups is 1. The van der Waals surface area contributed by atoms with Crippen LogP contribution in [0.15, 0.2) is 42.5 Å². The lowest BCUT2D eigenvalue weighted by Gasteiger charge is -2.10. The minimum Gasteiger partial charge on any atom is -0.484 e. The summed E-state index contributed by atoms with van der Waals surface area (Å²) in [7, 11) is 0. The topological polar surface area (TPSA) is 47.6 Å². The SMILES string of the molecule is O=C(COc1ccc2ccccc2c1)NCCC[C@H]1CCOC1. The average Bonchev–Trinajstić information content (AvgIpc) is 3.10. The normalized spacial score (nSPS) is 17.3. The van der Waals surface area contributed by atoms with Crippen molar-refractivity contribution in [3.05, 3.63) is 42.5 Å². The summed E-state index contributed by atoms with van der Waals surface area (Å²) in [5.74, 6) is 1.32. The molecule has 1 fully saturated rings. The first kappa shape index (κ1) is 15.8. The first-order valence-electron chi connectivity index (χ1n) is 8.27. The van der Waals surface area contributed by atoms with Gasteiger partial charge in [-0.25, -0.2) is 0 Å². The van der Waals surface area contributed by atoms with Crippen LogP contribution in [-0.2, 0) is 9.53 Å². The number of carbonyl (C=O) groups excluding carboxylic acids is 1. The van der Waals surface area contributed by atoms with Gasteiger partial charge in [-0.2, -0.15) is 0 Å². The molecule has 0 saturated carbocycles. The van der Waals surface area contributed by atoms with Gasteiger partial charge in [-0.1, -0.05) is 30.3 Å². The van der Waals surface area contributed by atoms with Crippen molar-refractivity contribution >= 4 is 16.7 Å². The van der Waals surface area contributed by atoms with Crippen molar-refractivity contribution in [3.8, 4) is 5.75 Å². The first-order chi connectivity index (χ1) is 11.3. The number of rotatable bonds is 7. The van der Waals surface area contributed by atoms with Crippen molar-refractivity contribution in [3.63, 3.8) is 0 Å². The van der Waals surface area contributed by atoms with Crippen LogP contribution >= 0.6 is 0 Å². The van der Waals surface area contributed by atoms with Gasteiger partial charge in [0.15, 0.2) is 6.61 Å². The molecule has 0 aromatic heterocycles. The van der Waals surface area contributed by atoms with Gasteiger partial charge in [-0.15, -0.1) is 0 Å². The Morgan fingerprint density at radius 3 is 2.91 bits per heavy atom. The Kier molecular flexibility index (Phi) is 5.48. The Bertz CT molecular complexity index is 650. The molecule has 3 rings (SSSR count). The zero-order valence-electron chi connectivity index (χ0n) is 13.3. The van der Waals surface area contributed by atoms with Crippen LogP contribution in [0.3, 0.4) is 0 Å². The maximum absolute atomic E-state index is 11.8. The molecule has 4 nitrogen and oxygen atoms in total. The molecule has 0 aliphatic carbocycles. The standard InChI is InChI=1S/C19H23NO3/c21-19(20-10-3-4-15-9-11-22-13-15)14-23-18-8-7-16-5-1-2-6-17(16)12-18/h1-2,5-8,12,15H,3-4,9-11,13-14H2,(H,20,21)/t15-/m0/s1. The molecule has 1 amide bonds. The van der Waals surface area contributed by atoms with E-state index < -0.39 is 0 Å². The minimum atomic E-state index is -0.0687. The predicted octanol–water partition coefficient (Wildman–Crippen LogP) is 3.15. The van der Waals surface area contributed by atoms with Crippen molar-refractivity contribution in [2.45, 2.75) is 19.3 Å². The van der Waals surface area contributed by atoms with Gasteiger partial charge < -0.3 is 14.8 Å². The van der Waals surface area contributed by atoms with Gasteiger partial charge in [-0.05, 0) is 48.1 Å². The van der Waals surface area contributed by atoms with E-state index in [2.05, 4.69) is 11.4 Å². The number of hydrogen-bond acceptors (Lipinski definition) is 3. The van der Waals surface area contributed by atoms with Gasteiger partial charge in [-0.3, -0.25) is 4.79 Å². The van der Waals surface area contributed by atoms with Crippen molar-refractivity contribution in [1.29, 1.82) is 0 Å². The van der Waals surface area contributed by atoms with E-state index in [4.69, 9.17) is 9.47 Å². The highest BCUT2D eigenvalue weighted by Crippen LogP contribution is 2.20. The third-order valence-electron chi connectivity index (χ3n) is 4.23. The lowest BCUT2D eigenvalue weighted by molar-refractivity contribution is -0.123. The van der Waals surface area contributed by atoms with E-state index in [0.29, 0.717) is 12.5 Å². The lowest BCUT2D eigenvalue weighted by Crippen LogP contribution is -2.29. The summed E-state index contributed by atoms with van der Waals surface area (Å²) >= 11 is 0. The second kappa shape index (κ2) is 7.97. The Labute approximate surface area is 136 Å². The number of benzene rings is 2. The molecule has 0 bridgehead atoms. The summed E-state index contributed by atoms with van der Waals surface area (Å²) in [5.41, 5.74) is 0. The van der Waals surface area contributed by atoms with Crippen LogP contribution in [0, 0.1) is 5.92 Å². The highest BCUT2D eigenvalue weighted by Gasteiger charge is 2.14. The maximum Gasteiger partial charge on any atom is 0.257 e. The Morgan fingerprint density at radius 2 is 2.09 bits per heavy atom. The highest BCUT2D eigenvalue weighted by atomic mass is 16.5. The van der Waals surface area contributed by atoms with Crippen LogP contribution in [0.5, 0.6) is 5.75 Å². The average molecular weight is 313 g/mol. The fourth-order valence-corrected chi connectivity index (χ4v) is 2.89. The Balaban J connectivity index is 1.37. The number of fused-ring (bicyclic) bond motifs is 1. The van der Waals surface area contributed by atoms with E-state index in [9.17, 15) is 4.79 Å². The van der Waals surface area contributed by atoms with Crippen molar-refractivity contribution in [2.75, 3.05) is 26.4 Å². The number of hydrogen-bond donors (Lipinski definition) is 1. The molecular weight excluding hydrogens is 290 g/mol. The fraction of sp³-hybridized carbons (Fsp3) is 0.421. The monoisotopic (exact) mass is 313 g/mol. The van der Waals surface area contributed by atoms with Gasteiger partial charge in [0.1, 0.15) is 5.75 Å². The van der Waals surface area contributed by atoms with Gasteiger partial charge in [0.25, 0.3) is 5.91 Å². The molecule has 1 heterocycles. The summed E-state index contributed by atoms with van der Waals surface area (Å²) < 4.78 is 10.9. The lowest BCUT2D eigenvalue weighted by atomic mass is 10.0. The molecule has 1 N–H and O–H groups in total. The van der Waals surface area contributed by atoms with Gasteiger partial charge in [0, 0.05) is 19.8 Å². The van der Waals surface area contributed by atoms with Crippen LogP contribution in [0.2, 0.25) is 0 Å². The van der Waals surface area contributed by atoms with Crippen molar-refractivity contribution in [2.24, 2.45) is 5.92 Å². The zero-order valence-corrected chi connectivity index (χ0v) is 13.3. The fourth-order valence-electron chi connectivity index (χ4n) is 2.89. The first-order valence-corrected chi connectivity index (χ1v) is 8.27. The Hall–Kier alpha value is -2.07. The number of amides is 1. The summed E-state index contributed by atoms with van der Waals surface area (Å²) in [6.45, 7) is 2.52. The van der Waals surface area contributed by atoms with E-state index in [1.54, 1.807) is 0 Å². The van der Waals surface area contributed by atoms with E-state index in [1.807, 2.05) is 36.4 Å². The van der Waals surface area contributed by atoms with E-state index in [-0.39, 0.29) is 12.5 Å². The molecule has 23 heavy (non-hydrogen) atoms. The summed E-state index contributed by atoms with van der Waals surface area (Å²) in [6.07, 6.45) is 3.26. The van der Waals surface area contributed by atoms with Crippen LogP contribution in [-0.4, -0.2) is 32.3 Å². The Morgan fingerprint density at radius 1 is 1.22 bits per heavy atom. The molecule has 0 radical (unpaired) electrons. The predicted molar refractivity (Wildman–Crippen MR) is 90.6 cm³/mol. The van der Waals surface area contributed by atoms with Crippen LogP contribution in [0.1, 0.15) is 19.3 Å². The van der Waals surface area contributed by atoms with Crippen LogP contribution < -0.4 is 10.1 Å². The highest BCUT2D eigenvalue weighted by molar-refractivity contribution is 5.84. The number of nitrogens with one attached hydrogen (secondary N) is 1. The maximum atomic E-state index is 11.8. The van der Waals surface area contributed by atoms with Gasteiger partial charge >= 0.3 is 0 Å². The van der Waals surface area contributed by atoms with Crippen LogP contribution in [0.25, 0.3) is 10.8 Å². The van der Waals surface area contributed by atoms with Gasteiger partial charge in [0.2, 0.25) is 0 Å². The minimum absolute atomic E-state index is 0.0604. The van der Waals surface area contributed by atoms with E-state index in [1.165, 1.54) is 5.39 Å². The van der Waals surface area contributed by atoms with Crippen LogP contribution in [0.4, 0.5) is 0 Å². The molecular formula is C19H23NO3. The second-order valence-corrected chi connectivity index (χ2v) is 6.02. The summed E-state index contributed by atoms with van der Waals surface area (Å²) in [6, 6.07) is 14.0. The summed E-state index contributed by atoms with van der Waals surface area (Å²) in [5, 5.41) is 5.19. The van der Waals surface area contributed by atoms with Gasteiger partial charge in [0.05, 0.1) is 0 Å². The molecule has 0 spiro atoms. The van der Waals surface area contributed by atoms with E-state index in [0.717, 1.165) is 43.6 Å².